The smallest absolute Gasteiger partial charge is 0.0801 e. The fraction of sp³-hybridized carbons (Fsp3) is 0.857. The van der Waals surface area contributed by atoms with E-state index in [9.17, 15) is 0 Å². The molecule has 0 heterocycles. The van der Waals surface area contributed by atoms with Gasteiger partial charge in [0.1, 0.15) is 0 Å². The fourth-order valence-electron chi connectivity index (χ4n) is 3.93. The van der Waals surface area contributed by atoms with Crippen LogP contribution in [0.3, 0.4) is 0 Å². The third kappa shape index (κ3) is 2.38. The van der Waals surface area contributed by atoms with Gasteiger partial charge in [-0.25, -0.2) is 0 Å². The van der Waals surface area contributed by atoms with Crippen molar-refractivity contribution in [2.75, 3.05) is 7.11 Å². The minimum Gasteiger partial charge on any atom is -0.379 e. The molecule has 1 nitrogen and oxygen atoms in total. The summed E-state index contributed by atoms with van der Waals surface area (Å²) in [4.78, 5) is 0. The minimum absolute atomic E-state index is 1.06. The van der Waals surface area contributed by atoms with E-state index >= 15 is 0 Å². The van der Waals surface area contributed by atoms with Crippen LogP contribution < -0.4 is 0 Å². The van der Waals surface area contributed by atoms with Crippen molar-refractivity contribution in [3.63, 3.8) is 0 Å². The average molecular weight is 208 g/mol. The Labute approximate surface area is 94.6 Å². The zero-order valence-electron chi connectivity index (χ0n) is 10.3. The second-order valence-electron chi connectivity index (χ2n) is 5.52. The molecule has 15 heavy (non-hydrogen) atoms. The van der Waals surface area contributed by atoms with Gasteiger partial charge in [0, 0.05) is 7.11 Å². The number of hydrogen-bond acceptors (Lipinski definition) is 1. The van der Waals surface area contributed by atoms with Crippen LogP contribution in [0, 0.1) is 36.2 Å². The fourth-order valence-corrected chi connectivity index (χ4v) is 3.93. The Hall–Kier alpha value is -0.0400. The van der Waals surface area contributed by atoms with E-state index in [1.54, 1.807) is 45.8 Å². The molecule has 0 saturated heterocycles. The van der Waals surface area contributed by atoms with Gasteiger partial charge in [-0.05, 0) is 68.6 Å². The quantitative estimate of drug-likeness (QED) is 0.636. The summed E-state index contributed by atoms with van der Waals surface area (Å²) < 4.78 is 4.42. The topological polar surface area (TPSA) is 9.23 Å². The van der Waals surface area contributed by atoms with Crippen molar-refractivity contribution in [2.24, 2.45) is 23.7 Å². The van der Waals surface area contributed by atoms with Crippen LogP contribution in [0.2, 0.25) is 0 Å². The van der Waals surface area contributed by atoms with E-state index in [4.69, 9.17) is 0 Å². The molecule has 0 unspecified atom stereocenters. The van der Waals surface area contributed by atoms with Gasteiger partial charge in [0.15, 0.2) is 0 Å². The van der Waals surface area contributed by atoms with Crippen LogP contribution in [-0.2, 0) is 4.74 Å². The first-order valence-corrected chi connectivity index (χ1v) is 6.38. The molecule has 4 bridgehead atoms. The summed E-state index contributed by atoms with van der Waals surface area (Å²) >= 11 is 0. The first kappa shape index (κ1) is 11.4. The SMILES string of the molecule is C[CH]OC.C[C]1C2CC3CC(C2)CC1C3. The number of hydrogen-bond donors (Lipinski definition) is 0. The molecule has 4 saturated carbocycles. The molecule has 1 heteroatoms. The predicted molar refractivity (Wildman–Crippen MR) is 62.9 cm³/mol. The second-order valence-corrected chi connectivity index (χ2v) is 5.52. The van der Waals surface area contributed by atoms with Gasteiger partial charge in [0.05, 0.1) is 6.61 Å². The zero-order valence-corrected chi connectivity index (χ0v) is 10.3. The predicted octanol–water partition coefficient (Wildman–Crippen LogP) is 3.85. The summed E-state index contributed by atoms with van der Waals surface area (Å²) in [6.07, 6.45) is 7.80. The molecule has 2 radical (unpaired) electrons. The molecule has 4 rings (SSSR count). The maximum Gasteiger partial charge on any atom is 0.0801 e. The van der Waals surface area contributed by atoms with Crippen LogP contribution in [0.4, 0.5) is 0 Å². The maximum atomic E-state index is 4.42. The van der Waals surface area contributed by atoms with Crippen molar-refractivity contribution >= 4 is 0 Å². The monoisotopic (exact) mass is 208 g/mol. The van der Waals surface area contributed by atoms with E-state index in [1.165, 1.54) is 0 Å². The summed E-state index contributed by atoms with van der Waals surface area (Å²) in [5.41, 5.74) is 0. The lowest BCUT2D eigenvalue weighted by Crippen LogP contribution is -2.42. The van der Waals surface area contributed by atoms with Gasteiger partial charge in [0.2, 0.25) is 0 Å². The highest BCUT2D eigenvalue weighted by molar-refractivity contribution is 5.10. The zero-order chi connectivity index (χ0) is 10.8. The van der Waals surface area contributed by atoms with Gasteiger partial charge in [0.25, 0.3) is 0 Å². The molecule has 0 aliphatic heterocycles. The summed E-state index contributed by atoms with van der Waals surface area (Å²) in [6, 6.07) is 0. The van der Waals surface area contributed by atoms with Gasteiger partial charge in [-0.2, -0.15) is 0 Å². The average Bonchev–Trinajstić information content (AvgIpc) is 2.25. The van der Waals surface area contributed by atoms with Gasteiger partial charge in [-0.1, -0.05) is 6.92 Å². The molecule has 0 N–H and O–H groups in total. The van der Waals surface area contributed by atoms with Gasteiger partial charge in [-0.15, -0.1) is 0 Å². The van der Waals surface area contributed by atoms with Gasteiger partial charge >= 0.3 is 0 Å². The lowest BCUT2D eigenvalue weighted by atomic mass is 9.52. The molecule has 4 aliphatic carbocycles. The highest BCUT2D eigenvalue weighted by Gasteiger charge is 2.46. The third-order valence-electron chi connectivity index (χ3n) is 4.66. The Morgan fingerprint density at radius 2 is 1.40 bits per heavy atom. The summed E-state index contributed by atoms with van der Waals surface area (Å²) in [5, 5.41) is 0. The van der Waals surface area contributed by atoms with E-state index in [-0.39, 0.29) is 0 Å². The van der Waals surface area contributed by atoms with Crippen molar-refractivity contribution in [2.45, 2.75) is 46.0 Å². The van der Waals surface area contributed by atoms with Crippen LogP contribution in [0.1, 0.15) is 46.0 Å². The second kappa shape index (κ2) is 4.86. The third-order valence-corrected chi connectivity index (χ3v) is 4.66. The van der Waals surface area contributed by atoms with Gasteiger partial charge in [-0.3, -0.25) is 0 Å². The summed E-state index contributed by atoms with van der Waals surface area (Å²) in [7, 11) is 1.62. The van der Waals surface area contributed by atoms with Crippen molar-refractivity contribution in [1.29, 1.82) is 0 Å². The van der Waals surface area contributed by atoms with Crippen LogP contribution in [0.15, 0.2) is 0 Å². The number of methoxy groups -OCH3 is 1. The molecule has 0 spiro atoms. The van der Waals surface area contributed by atoms with E-state index in [1.807, 2.05) is 12.8 Å². The molecular weight excluding hydrogens is 184 g/mol. The van der Waals surface area contributed by atoms with Gasteiger partial charge < -0.3 is 4.74 Å². The number of ether oxygens (including phenoxy) is 1. The highest BCUT2D eigenvalue weighted by atomic mass is 16.5. The molecule has 0 aromatic rings. The molecule has 86 valence electrons. The molecule has 0 atom stereocenters. The largest absolute Gasteiger partial charge is 0.379 e. The molecule has 4 aliphatic rings. The van der Waals surface area contributed by atoms with Crippen molar-refractivity contribution in [3.05, 3.63) is 12.5 Å². The Morgan fingerprint density at radius 3 is 1.73 bits per heavy atom. The lowest BCUT2D eigenvalue weighted by Gasteiger charge is -2.53. The summed E-state index contributed by atoms with van der Waals surface area (Å²) in [6.45, 7) is 5.88. The molecule has 4 fully saturated rings. The Balaban J connectivity index is 0.000000188. The maximum absolute atomic E-state index is 4.42. The normalized spacial score (nSPS) is 42.6. The van der Waals surface area contributed by atoms with Crippen LogP contribution in [0.25, 0.3) is 0 Å². The molecule has 0 aromatic carbocycles. The summed E-state index contributed by atoms with van der Waals surface area (Å²) in [5.74, 6) is 6.28. The van der Waals surface area contributed by atoms with Crippen LogP contribution in [-0.4, -0.2) is 7.11 Å². The van der Waals surface area contributed by atoms with E-state index in [2.05, 4.69) is 11.7 Å². The van der Waals surface area contributed by atoms with Crippen LogP contribution in [0.5, 0.6) is 0 Å². The first-order chi connectivity index (χ1) is 7.24. The van der Waals surface area contributed by atoms with E-state index in [0.29, 0.717) is 0 Å². The first-order valence-electron chi connectivity index (χ1n) is 6.38. The highest BCUT2D eigenvalue weighted by Crippen LogP contribution is 2.57. The van der Waals surface area contributed by atoms with Crippen molar-refractivity contribution < 1.29 is 4.74 Å². The Bertz CT molecular complexity index is 170. The van der Waals surface area contributed by atoms with Crippen molar-refractivity contribution in [3.8, 4) is 0 Å². The molecular formula is C14H24O. The number of rotatable bonds is 1. The lowest BCUT2D eigenvalue weighted by molar-refractivity contribution is 0.0435. The molecule has 0 aromatic heterocycles. The molecule has 0 amide bonds. The van der Waals surface area contributed by atoms with Crippen LogP contribution >= 0.6 is 0 Å². The standard InChI is InChI=1S/C11H17.C3H7O/c1-7-10-3-8-2-9(5-10)6-11(7)4-8;1-3-4-2/h8-11H,2-6H2,1H3;3H,1-2H3. The Morgan fingerprint density at radius 1 is 1.00 bits per heavy atom. The minimum atomic E-state index is 1.06. The van der Waals surface area contributed by atoms with E-state index in [0.717, 1.165) is 23.7 Å². The van der Waals surface area contributed by atoms with Crippen molar-refractivity contribution in [1.82, 2.24) is 0 Å². The van der Waals surface area contributed by atoms with E-state index < -0.39 is 0 Å². The Kier molecular flexibility index (Phi) is 3.71.